The van der Waals surface area contributed by atoms with Crippen molar-refractivity contribution in [2.75, 3.05) is 37.7 Å². The van der Waals surface area contributed by atoms with E-state index >= 15 is 0 Å². The summed E-state index contributed by atoms with van der Waals surface area (Å²) in [5.74, 6) is 0.637. The molecule has 1 heterocycles. The highest BCUT2D eigenvalue weighted by molar-refractivity contribution is 5.79. The van der Waals surface area contributed by atoms with Crippen LogP contribution in [0, 0.1) is 10.1 Å². The number of amides is 1. The monoisotopic (exact) mass is 417 g/mol. The molecule has 4 rings (SSSR count). The van der Waals surface area contributed by atoms with Crippen molar-refractivity contribution >= 4 is 17.3 Å². The fraction of sp³-hybridized carbons (Fsp3) is 0.208. The highest BCUT2D eigenvalue weighted by Gasteiger charge is 2.22. The molecule has 3 aromatic carbocycles. The van der Waals surface area contributed by atoms with Gasteiger partial charge >= 0.3 is 0 Å². The van der Waals surface area contributed by atoms with Crippen LogP contribution in [0.3, 0.4) is 0 Å². The number of piperazine rings is 1. The number of anilines is 1. The molecule has 0 bridgehead atoms. The quantitative estimate of drug-likeness (QED) is 0.448. The Morgan fingerprint density at radius 1 is 0.871 bits per heavy atom. The Bertz CT molecular complexity index is 1050. The molecule has 0 atom stereocenters. The van der Waals surface area contributed by atoms with E-state index in [2.05, 4.69) is 4.90 Å². The molecule has 0 N–H and O–H groups in total. The minimum Gasteiger partial charge on any atom is -0.483 e. The van der Waals surface area contributed by atoms with E-state index in [4.69, 9.17) is 4.74 Å². The van der Waals surface area contributed by atoms with E-state index in [0.717, 1.165) is 16.8 Å². The molecule has 3 aromatic rings. The minimum absolute atomic E-state index is 0.0125. The Kier molecular flexibility index (Phi) is 6.12. The first-order chi connectivity index (χ1) is 15.1. The summed E-state index contributed by atoms with van der Waals surface area (Å²) in [6.07, 6.45) is 0. The number of hydrogen-bond donors (Lipinski definition) is 0. The lowest BCUT2D eigenvalue weighted by Crippen LogP contribution is -2.50. The molecule has 7 nitrogen and oxygen atoms in total. The first-order valence-corrected chi connectivity index (χ1v) is 10.2. The van der Waals surface area contributed by atoms with Gasteiger partial charge in [0.15, 0.2) is 6.61 Å². The first-order valence-electron chi connectivity index (χ1n) is 10.2. The number of nitro groups is 1. The van der Waals surface area contributed by atoms with Crippen LogP contribution in [0.2, 0.25) is 0 Å². The largest absolute Gasteiger partial charge is 0.483 e. The molecule has 1 saturated heterocycles. The van der Waals surface area contributed by atoms with Gasteiger partial charge in [0, 0.05) is 49.6 Å². The number of non-ortho nitro benzene ring substituents is 1. The summed E-state index contributed by atoms with van der Waals surface area (Å²) in [6, 6.07) is 24.2. The summed E-state index contributed by atoms with van der Waals surface area (Å²) < 4.78 is 5.88. The zero-order valence-corrected chi connectivity index (χ0v) is 17.0. The van der Waals surface area contributed by atoms with Gasteiger partial charge in [0.05, 0.1) is 4.92 Å². The average molecular weight is 417 g/mol. The van der Waals surface area contributed by atoms with Crippen molar-refractivity contribution in [2.45, 2.75) is 0 Å². The SMILES string of the molecule is O=C(COc1ccccc1-c1ccccc1)N1CCN(c2ccc([N+](=O)[O-])cc2)CC1. The van der Waals surface area contributed by atoms with E-state index in [1.807, 2.05) is 54.6 Å². The number of ether oxygens (including phenoxy) is 1. The Morgan fingerprint density at radius 2 is 1.52 bits per heavy atom. The second-order valence-electron chi connectivity index (χ2n) is 7.29. The number of carbonyl (C=O) groups is 1. The van der Waals surface area contributed by atoms with E-state index in [-0.39, 0.29) is 18.2 Å². The van der Waals surface area contributed by atoms with Crippen LogP contribution >= 0.6 is 0 Å². The fourth-order valence-electron chi connectivity index (χ4n) is 3.68. The minimum atomic E-state index is -0.406. The van der Waals surface area contributed by atoms with Crippen molar-refractivity contribution in [3.8, 4) is 16.9 Å². The number of rotatable bonds is 6. The number of benzene rings is 3. The third-order valence-corrected chi connectivity index (χ3v) is 5.38. The van der Waals surface area contributed by atoms with Gasteiger partial charge < -0.3 is 14.5 Å². The van der Waals surface area contributed by atoms with Crippen LogP contribution in [0.5, 0.6) is 5.75 Å². The number of carbonyl (C=O) groups excluding carboxylic acids is 1. The molecule has 0 aliphatic carbocycles. The zero-order chi connectivity index (χ0) is 21.6. The van der Waals surface area contributed by atoms with Gasteiger partial charge in [0.2, 0.25) is 0 Å². The van der Waals surface area contributed by atoms with Gasteiger partial charge in [0.1, 0.15) is 5.75 Å². The molecular formula is C24H23N3O4. The number of para-hydroxylation sites is 1. The third-order valence-electron chi connectivity index (χ3n) is 5.38. The maximum absolute atomic E-state index is 12.7. The van der Waals surface area contributed by atoms with Crippen molar-refractivity contribution < 1.29 is 14.5 Å². The molecule has 1 amide bonds. The predicted molar refractivity (Wildman–Crippen MR) is 119 cm³/mol. The molecule has 158 valence electrons. The van der Waals surface area contributed by atoms with Crippen molar-refractivity contribution in [3.05, 3.63) is 89.0 Å². The molecular weight excluding hydrogens is 394 g/mol. The van der Waals surface area contributed by atoms with Gasteiger partial charge in [-0.25, -0.2) is 0 Å². The standard InChI is InChI=1S/C24H23N3O4/c28-24(18-31-23-9-5-4-8-22(23)19-6-2-1-3-7-19)26-16-14-25(15-17-26)20-10-12-21(13-11-20)27(29)30/h1-13H,14-18H2. The molecule has 0 aromatic heterocycles. The smallest absolute Gasteiger partial charge is 0.269 e. The van der Waals surface area contributed by atoms with Crippen LogP contribution < -0.4 is 9.64 Å². The predicted octanol–water partition coefficient (Wildman–Crippen LogP) is 3.99. The Balaban J connectivity index is 1.33. The van der Waals surface area contributed by atoms with Crippen molar-refractivity contribution in [1.29, 1.82) is 0 Å². The van der Waals surface area contributed by atoms with E-state index in [1.54, 1.807) is 17.0 Å². The molecule has 0 radical (unpaired) electrons. The highest BCUT2D eigenvalue weighted by atomic mass is 16.6. The van der Waals surface area contributed by atoms with Crippen LogP contribution in [0.4, 0.5) is 11.4 Å². The van der Waals surface area contributed by atoms with Gasteiger partial charge in [-0.3, -0.25) is 14.9 Å². The summed E-state index contributed by atoms with van der Waals surface area (Å²) in [6.45, 7) is 2.49. The van der Waals surface area contributed by atoms with Crippen LogP contribution in [0.25, 0.3) is 11.1 Å². The molecule has 7 heteroatoms. The summed E-state index contributed by atoms with van der Waals surface area (Å²) in [5.41, 5.74) is 3.00. The lowest BCUT2D eigenvalue weighted by atomic mass is 10.1. The van der Waals surface area contributed by atoms with Gasteiger partial charge in [0.25, 0.3) is 11.6 Å². The summed E-state index contributed by atoms with van der Waals surface area (Å²) in [7, 11) is 0. The van der Waals surface area contributed by atoms with Gasteiger partial charge in [-0.15, -0.1) is 0 Å². The van der Waals surface area contributed by atoms with E-state index in [0.29, 0.717) is 31.9 Å². The Morgan fingerprint density at radius 3 is 2.19 bits per heavy atom. The molecule has 1 fully saturated rings. The maximum atomic E-state index is 12.7. The Hall–Kier alpha value is -3.87. The van der Waals surface area contributed by atoms with Crippen LogP contribution in [-0.4, -0.2) is 48.5 Å². The van der Waals surface area contributed by atoms with Crippen molar-refractivity contribution in [3.63, 3.8) is 0 Å². The van der Waals surface area contributed by atoms with E-state index in [9.17, 15) is 14.9 Å². The van der Waals surface area contributed by atoms with Crippen LogP contribution in [0.1, 0.15) is 0 Å². The topological polar surface area (TPSA) is 75.9 Å². The zero-order valence-electron chi connectivity index (χ0n) is 17.0. The molecule has 0 saturated carbocycles. The molecule has 0 spiro atoms. The van der Waals surface area contributed by atoms with E-state index < -0.39 is 4.92 Å². The summed E-state index contributed by atoms with van der Waals surface area (Å²) >= 11 is 0. The van der Waals surface area contributed by atoms with Gasteiger partial charge in [-0.05, 0) is 23.8 Å². The van der Waals surface area contributed by atoms with Gasteiger partial charge in [-0.2, -0.15) is 0 Å². The number of nitro benzene ring substituents is 1. The number of nitrogens with zero attached hydrogens (tertiary/aromatic N) is 3. The normalized spacial score (nSPS) is 13.7. The molecule has 0 unspecified atom stereocenters. The van der Waals surface area contributed by atoms with Crippen LogP contribution in [0.15, 0.2) is 78.9 Å². The summed E-state index contributed by atoms with van der Waals surface area (Å²) in [4.78, 5) is 27.0. The van der Waals surface area contributed by atoms with Gasteiger partial charge in [-0.1, -0.05) is 48.5 Å². The lowest BCUT2D eigenvalue weighted by molar-refractivity contribution is -0.384. The molecule has 1 aliphatic heterocycles. The second kappa shape index (κ2) is 9.30. The van der Waals surface area contributed by atoms with Crippen molar-refractivity contribution in [1.82, 2.24) is 4.90 Å². The second-order valence-corrected chi connectivity index (χ2v) is 7.29. The highest BCUT2D eigenvalue weighted by Crippen LogP contribution is 2.29. The summed E-state index contributed by atoms with van der Waals surface area (Å²) in [5, 5.41) is 10.8. The van der Waals surface area contributed by atoms with E-state index in [1.165, 1.54) is 12.1 Å². The average Bonchev–Trinajstić information content (AvgIpc) is 2.83. The maximum Gasteiger partial charge on any atom is 0.269 e. The first kappa shape index (κ1) is 20.4. The third kappa shape index (κ3) is 4.83. The lowest BCUT2D eigenvalue weighted by Gasteiger charge is -2.36. The Labute approximate surface area is 180 Å². The number of hydrogen-bond acceptors (Lipinski definition) is 5. The van der Waals surface area contributed by atoms with Crippen molar-refractivity contribution in [2.24, 2.45) is 0 Å². The molecule has 1 aliphatic rings. The fourth-order valence-corrected chi connectivity index (χ4v) is 3.68. The molecule has 31 heavy (non-hydrogen) atoms. The van der Waals surface area contributed by atoms with Crippen LogP contribution in [-0.2, 0) is 4.79 Å².